The molecule has 4 nitrogen and oxygen atoms in total. The lowest BCUT2D eigenvalue weighted by molar-refractivity contribution is 0.0529. The number of aliphatic imine (C=N–C) groups is 1. The molecule has 4 rings (SSSR count). The third kappa shape index (κ3) is 3.86. The Bertz CT molecular complexity index is 1210. The summed E-state index contributed by atoms with van der Waals surface area (Å²) in [4.78, 5) is 19.5. The third-order valence-corrected chi connectivity index (χ3v) is 6.66. The summed E-state index contributed by atoms with van der Waals surface area (Å²) in [6.07, 6.45) is 3.73. The Morgan fingerprint density at radius 2 is 1.91 bits per heavy atom. The molecule has 164 valence electrons. The maximum Gasteiger partial charge on any atom is 0.341 e. The second-order valence-corrected chi connectivity index (χ2v) is 8.95. The molecule has 1 aromatic heterocycles. The van der Waals surface area contributed by atoms with E-state index >= 15 is 0 Å². The van der Waals surface area contributed by atoms with Gasteiger partial charge in [-0.2, -0.15) is 0 Å². The molecule has 32 heavy (non-hydrogen) atoms. The summed E-state index contributed by atoms with van der Waals surface area (Å²) in [7, 11) is 2.05. The number of carbonyl (C=O) groups is 1. The molecule has 0 radical (unpaired) electrons. The van der Waals surface area contributed by atoms with Crippen molar-refractivity contribution in [3.8, 4) is 11.1 Å². The van der Waals surface area contributed by atoms with Crippen LogP contribution in [0.5, 0.6) is 0 Å². The van der Waals surface area contributed by atoms with Crippen LogP contribution in [0.25, 0.3) is 11.1 Å². The van der Waals surface area contributed by atoms with Crippen LogP contribution in [0.4, 0.5) is 15.1 Å². The number of allylic oxidation sites excluding steroid dienone is 2. The van der Waals surface area contributed by atoms with Crippen molar-refractivity contribution in [1.29, 1.82) is 0 Å². The molecule has 1 aliphatic heterocycles. The number of fused-ring (bicyclic) bond motifs is 1. The highest BCUT2D eigenvalue weighted by molar-refractivity contribution is 7.14. The molecule has 0 bridgehead atoms. The average molecular weight is 449 g/mol. The zero-order valence-corrected chi connectivity index (χ0v) is 19.4. The van der Waals surface area contributed by atoms with Crippen LogP contribution in [0.3, 0.4) is 0 Å². The van der Waals surface area contributed by atoms with E-state index in [0.29, 0.717) is 16.1 Å². The van der Waals surface area contributed by atoms with E-state index in [4.69, 9.17) is 4.74 Å². The van der Waals surface area contributed by atoms with Crippen molar-refractivity contribution in [3.05, 3.63) is 82.6 Å². The molecule has 6 heteroatoms. The molecule has 0 saturated carbocycles. The second-order valence-electron chi connectivity index (χ2n) is 8.09. The molecule has 0 aliphatic carbocycles. The van der Waals surface area contributed by atoms with Gasteiger partial charge in [-0.25, -0.2) is 14.2 Å². The average Bonchev–Trinajstić information content (AvgIpc) is 3.28. The normalized spacial score (nSPS) is 16.0. The lowest BCUT2D eigenvalue weighted by Gasteiger charge is -2.23. The van der Waals surface area contributed by atoms with Crippen LogP contribution in [-0.2, 0) is 10.2 Å². The fraction of sp³-hybridized carbons (Fsp3) is 0.231. The molecule has 3 aromatic rings. The summed E-state index contributed by atoms with van der Waals surface area (Å²) >= 11 is 1.36. The molecule has 0 N–H and O–H groups in total. The van der Waals surface area contributed by atoms with E-state index in [-0.39, 0.29) is 17.8 Å². The van der Waals surface area contributed by atoms with Crippen molar-refractivity contribution in [3.63, 3.8) is 0 Å². The molecule has 0 unspecified atom stereocenters. The summed E-state index contributed by atoms with van der Waals surface area (Å²) in [6.45, 7) is 6.42. The predicted molar refractivity (Wildman–Crippen MR) is 130 cm³/mol. The SMILES string of the molecule is CCOC(=O)c1c(-c2ccc(F)cc2)csc1N=CC=C1N(C)c2ccccc2C1(C)C. The minimum absolute atomic E-state index is 0.157. The fourth-order valence-corrected chi connectivity index (χ4v) is 5.08. The zero-order valence-electron chi connectivity index (χ0n) is 18.6. The lowest BCUT2D eigenvalue weighted by atomic mass is 9.84. The van der Waals surface area contributed by atoms with Crippen LogP contribution in [0.1, 0.15) is 36.7 Å². The van der Waals surface area contributed by atoms with Gasteiger partial charge < -0.3 is 9.64 Å². The Morgan fingerprint density at radius 1 is 1.19 bits per heavy atom. The first kappa shape index (κ1) is 22.0. The number of anilines is 1. The summed E-state index contributed by atoms with van der Waals surface area (Å²) in [5.74, 6) is -0.755. The molecular weight excluding hydrogens is 423 g/mol. The molecule has 0 spiro atoms. The van der Waals surface area contributed by atoms with Crippen LogP contribution in [-0.4, -0.2) is 25.8 Å². The van der Waals surface area contributed by atoms with Crippen LogP contribution >= 0.6 is 11.3 Å². The second kappa shape index (κ2) is 8.71. The van der Waals surface area contributed by atoms with E-state index in [0.717, 1.165) is 11.3 Å². The Balaban J connectivity index is 1.70. The van der Waals surface area contributed by atoms with Crippen molar-refractivity contribution < 1.29 is 13.9 Å². The first-order chi connectivity index (χ1) is 15.3. The van der Waals surface area contributed by atoms with E-state index in [1.54, 1.807) is 25.3 Å². The van der Waals surface area contributed by atoms with Gasteiger partial charge in [-0.05, 0) is 42.3 Å². The maximum absolute atomic E-state index is 13.4. The van der Waals surface area contributed by atoms with Crippen molar-refractivity contribution in [2.24, 2.45) is 4.99 Å². The van der Waals surface area contributed by atoms with Crippen LogP contribution in [0.15, 0.2) is 70.7 Å². The first-order valence-electron chi connectivity index (χ1n) is 10.5. The number of carbonyl (C=O) groups excluding carboxylic acids is 1. The van der Waals surface area contributed by atoms with Gasteiger partial charge in [-0.15, -0.1) is 11.3 Å². The molecular formula is C26H25FN2O2S. The molecule has 2 heterocycles. The number of ether oxygens (including phenoxy) is 1. The molecule has 0 fully saturated rings. The number of likely N-dealkylation sites (N-methyl/N-ethyl adjacent to an activating group) is 1. The molecule has 0 amide bonds. The number of halogens is 1. The number of nitrogens with zero attached hydrogens (tertiary/aromatic N) is 2. The number of para-hydroxylation sites is 1. The van der Waals surface area contributed by atoms with Gasteiger partial charge in [-0.1, -0.05) is 44.2 Å². The van der Waals surface area contributed by atoms with E-state index in [1.165, 1.54) is 34.7 Å². The molecule has 1 aliphatic rings. The van der Waals surface area contributed by atoms with Gasteiger partial charge in [-0.3, -0.25) is 0 Å². The van der Waals surface area contributed by atoms with E-state index in [1.807, 2.05) is 17.5 Å². The van der Waals surface area contributed by atoms with Crippen molar-refractivity contribution in [1.82, 2.24) is 0 Å². The van der Waals surface area contributed by atoms with E-state index in [2.05, 4.69) is 49.0 Å². The minimum Gasteiger partial charge on any atom is -0.462 e. The van der Waals surface area contributed by atoms with Crippen molar-refractivity contribution in [2.75, 3.05) is 18.6 Å². The van der Waals surface area contributed by atoms with Gasteiger partial charge in [0.05, 0.1) is 6.61 Å². The fourth-order valence-electron chi connectivity index (χ4n) is 4.16. The lowest BCUT2D eigenvalue weighted by Crippen LogP contribution is -2.23. The van der Waals surface area contributed by atoms with Crippen LogP contribution in [0, 0.1) is 5.82 Å². The van der Waals surface area contributed by atoms with Gasteiger partial charge in [0, 0.05) is 41.0 Å². The molecule has 0 atom stereocenters. The van der Waals surface area contributed by atoms with E-state index < -0.39 is 5.97 Å². The maximum atomic E-state index is 13.4. The predicted octanol–water partition coefficient (Wildman–Crippen LogP) is 6.74. The number of rotatable bonds is 5. The number of esters is 1. The summed E-state index contributed by atoms with van der Waals surface area (Å²) in [6, 6.07) is 14.4. The largest absolute Gasteiger partial charge is 0.462 e. The number of benzene rings is 2. The number of hydrogen-bond acceptors (Lipinski definition) is 5. The molecule has 0 saturated heterocycles. The first-order valence-corrected chi connectivity index (χ1v) is 11.3. The summed E-state index contributed by atoms with van der Waals surface area (Å²) in [5, 5.41) is 2.43. The Labute approximate surface area is 191 Å². The summed E-state index contributed by atoms with van der Waals surface area (Å²) in [5.41, 5.74) is 5.26. The Morgan fingerprint density at radius 3 is 2.59 bits per heavy atom. The van der Waals surface area contributed by atoms with Crippen molar-refractivity contribution >= 4 is 34.2 Å². The van der Waals surface area contributed by atoms with Gasteiger partial charge in [0.15, 0.2) is 0 Å². The zero-order chi connectivity index (χ0) is 22.9. The van der Waals surface area contributed by atoms with Gasteiger partial charge in [0.25, 0.3) is 0 Å². The smallest absolute Gasteiger partial charge is 0.341 e. The van der Waals surface area contributed by atoms with Crippen LogP contribution < -0.4 is 4.90 Å². The number of thiophene rings is 1. The van der Waals surface area contributed by atoms with Gasteiger partial charge in [0.2, 0.25) is 0 Å². The van der Waals surface area contributed by atoms with Crippen LogP contribution in [0.2, 0.25) is 0 Å². The standard InChI is InChI=1S/C26H25FN2O2S/c1-5-31-25(30)23-19(17-10-12-18(27)13-11-17)16-32-24(23)28-15-14-22-26(2,3)20-8-6-7-9-21(20)29(22)4/h6-16H,5H2,1-4H3. The van der Waals surface area contributed by atoms with Crippen molar-refractivity contribution in [2.45, 2.75) is 26.2 Å². The Kier molecular flexibility index (Phi) is 5.98. The highest BCUT2D eigenvalue weighted by Gasteiger charge is 2.37. The quantitative estimate of drug-likeness (QED) is 0.320. The topological polar surface area (TPSA) is 41.9 Å². The van der Waals surface area contributed by atoms with Gasteiger partial charge in [0.1, 0.15) is 16.4 Å². The minimum atomic E-state index is -0.432. The highest BCUT2D eigenvalue weighted by Crippen LogP contribution is 2.46. The third-order valence-electron chi connectivity index (χ3n) is 5.77. The highest BCUT2D eigenvalue weighted by atomic mass is 32.1. The van der Waals surface area contributed by atoms with Gasteiger partial charge >= 0.3 is 5.97 Å². The monoisotopic (exact) mass is 448 g/mol. The molecule has 2 aromatic carbocycles. The van der Waals surface area contributed by atoms with E-state index in [9.17, 15) is 9.18 Å². The number of hydrogen-bond donors (Lipinski definition) is 0. The Hall–Kier alpha value is -3.25. The summed E-state index contributed by atoms with van der Waals surface area (Å²) < 4.78 is 18.7.